The van der Waals surface area contributed by atoms with Gasteiger partial charge in [0.25, 0.3) is 0 Å². The third-order valence-corrected chi connectivity index (χ3v) is 1.88. The van der Waals surface area contributed by atoms with Crippen LogP contribution in [0.4, 0.5) is 4.79 Å². The molecule has 1 rings (SSSR count). The molecule has 0 aromatic heterocycles. The summed E-state index contributed by atoms with van der Waals surface area (Å²) in [4.78, 5) is 12.1. The molecule has 0 aliphatic carbocycles. The van der Waals surface area contributed by atoms with Crippen LogP contribution in [0, 0.1) is 0 Å². The van der Waals surface area contributed by atoms with Gasteiger partial charge in [0.1, 0.15) is 10.7 Å². The van der Waals surface area contributed by atoms with Gasteiger partial charge in [-0.25, -0.2) is 0 Å². The first kappa shape index (κ1) is 12.0. The Morgan fingerprint density at radius 1 is 1.73 bits per heavy atom. The van der Waals surface area contributed by atoms with Crippen LogP contribution in [0.15, 0.2) is 0 Å². The van der Waals surface area contributed by atoms with Gasteiger partial charge < -0.3 is 27.1 Å². The Bertz CT molecular complexity index is 146. The van der Waals surface area contributed by atoms with Gasteiger partial charge in [0, 0.05) is 6.54 Å². The van der Waals surface area contributed by atoms with Gasteiger partial charge in [-0.1, -0.05) is 0 Å². The van der Waals surface area contributed by atoms with E-state index in [0.717, 1.165) is 0 Å². The van der Waals surface area contributed by atoms with Crippen molar-refractivity contribution in [3.8, 4) is 0 Å². The summed E-state index contributed by atoms with van der Waals surface area (Å²) < 4.78 is 5.08. The smallest absolute Gasteiger partial charge is 0.719 e. The van der Waals surface area contributed by atoms with E-state index in [1.165, 1.54) is 0 Å². The van der Waals surface area contributed by atoms with E-state index in [0.29, 0.717) is 19.7 Å². The number of carbonyl (C=O) groups excluding carboxylic acids is 1. The van der Waals surface area contributed by atoms with E-state index in [4.69, 9.17) is 4.74 Å². The Balaban J connectivity index is 0.000001000. The number of morpholine rings is 1. The minimum atomic E-state index is -0.317. The summed E-state index contributed by atoms with van der Waals surface area (Å²) in [6.45, 7) is 1.64. The van der Waals surface area contributed by atoms with Gasteiger partial charge >= 0.3 is 29.6 Å². The fourth-order valence-corrected chi connectivity index (χ4v) is 1.27. The number of rotatable bonds is 0. The van der Waals surface area contributed by atoms with Gasteiger partial charge in [-0.15, -0.1) is 12.6 Å². The predicted octanol–water partition coefficient (Wildman–Crippen LogP) is -2.75. The molecule has 11 heavy (non-hydrogen) atoms. The van der Waals surface area contributed by atoms with Crippen molar-refractivity contribution in [2.45, 2.75) is 5.44 Å². The van der Waals surface area contributed by atoms with Crippen molar-refractivity contribution in [1.82, 2.24) is 4.90 Å². The van der Waals surface area contributed by atoms with Gasteiger partial charge in [-0.3, -0.25) is 0 Å². The van der Waals surface area contributed by atoms with Crippen molar-refractivity contribution in [2.75, 3.05) is 19.7 Å². The molecule has 0 aromatic carbocycles. The maximum Gasteiger partial charge on any atom is 1.00 e. The fraction of sp³-hybridized carbons (Fsp3) is 0.800. The second kappa shape index (κ2) is 5.61. The first-order valence-corrected chi connectivity index (χ1v) is 3.88. The molecule has 6 heteroatoms. The van der Waals surface area contributed by atoms with E-state index in [1.807, 2.05) is 0 Å². The zero-order valence-corrected chi connectivity index (χ0v) is 10.0. The maximum atomic E-state index is 10.6. The summed E-state index contributed by atoms with van der Waals surface area (Å²) in [5.74, 6) is 0. The third-order valence-electron chi connectivity index (χ3n) is 1.31. The Hall–Kier alpha value is 1.00. The minimum absolute atomic E-state index is 0. The van der Waals surface area contributed by atoms with Crippen molar-refractivity contribution in [1.29, 1.82) is 0 Å². The number of ether oxygens (including phenoxy) is 1. The normalized spacial score (nSPS) is 24.1. The number of nitrogens with zero attached hydrogens (tertiary/aromatic N) is 1. The first-order valence-electron chi connectivity index (χ1n) is 2.96. The quantitative estimate of drug-likeness (QED) is 0.262. The molecule has 1 atom stereocenters. The van der Waals surface area contributed by atoms with Crippen LogP contribution < -0.4 is 29.6 Å². The molecule has 1 aliphatic rings. The van der Waals surface area contributed by atoms with Gasteiger partial charge in [0.2, 0.25) is 0 Å². The van der Waals surface area contributed by atoms with Crippen molar-refractivity contribution >= 4 is 30.5 Å². The zero-order valence-electron chi connectivity index (χ0n) is 6.32. The molecule has 1 unspecified atom stereocenters. The molecule has 0 aromatic rings. The van der Waals surface area contributed by atoms with Gasteiger partial charge in [0.15, 0.2) is 0 Å². The molecule has 1 heterocycles. The first-order chi connectivity index (χ1) is 4.70. The molecular formula is C5H8NNaO2S2. The number of hydrogen-bond acceptors (Lipinski definition) is 4. The fourth-order valence-electron chi connectivity index (χ4n) is 0.797. The van der Waals surface area contributed by atoms with Crippen LogP contribution in [0.5, 0.6) is 0 Å². The number of amides is 1. The summed E-state index contributed by atoms with van der Waals surface area (Å²) in [6.07, 6.45) is 0. The van der Waals surface area contributed by atoms with Gasteiger partial charge in [0.05, 0.1) is 13.2 Å². The summed E-state index contributed by atoms with van der Waals surface area (Å²) in [6, 6.07) is 0. The van der Waals surface area contributed by atoms with Crippen LogP contribution in [0.3, 0.4) is 0 Å². The molecular weight excluding hydrogens is 193 g/mol. The molecule has 0 radical (unpaired) electrons. The average molecular weight is 201 g/mol. The van der Waals surface area contributed by atoms with Crippen molar-refractivity contribution in [3.05, 3.63) is 0 Å². The van der Waals surface area contributed by atoms with E-state index >= 15 is 0 Å². The molecule has 0 saturated carbocycles. The number of hydrogen-bond donors (Lipinski definition) is 1. The van der Waals surface area contributed by atoms with E-state index in [9.17, 15) is 4.79 Å². The Labute approximate surface area is 99.0 Å². The molecule has 3 nitrogen and oxygen atoms in total. The topological polar surface area (TPSA) is 29.5 Å². The summed E-state index contributed by atoms with van der Waals surface area (Å²) in [7, 11) is 0. The van der Waals surface area contributed by atoms with Crippen LogP contribution >= 0.6 is 12.6 Å². The third kappa shape index (κ3) is 3.96. The molecule has 58 valence electrons. The van der Waals surface area contributed by atoms with E-state index in [2.05, 4.69) is 25.3 Å². The largest absolute Gasteiger partial charge is 1.00 e. The second-order valence-electron chi connectivity index (χ2n) is 2.04. The van der Waals surface area contributed by atoms with Crippen LogP contribution in [0.1, 0.15) is 0 Å². The molecule has 0 N–H and O–H groups in total. The Morgan fingerprint density at radius 2 is 2.36 bits per heavy atom. The average Bonchev–Trinajstić information content (AvgIpc) is 1.88. The zero-order chi connectivity index (χ0) is 7.56. The molecule has 1 fully saturated rings. The van der Waals surface area contributed by atoms with Crippen molar-refractivity contribution < 1.29 is 39.1 Å². The SMILES string of the molecule is O=C([S-])N1CCOC(S)C1.[Na+]. The van der Waals surface area contributed by atoms with Crippen LogP contribution in [0.2, 0.25) is 0 Å². The molecule has 1 saturated heterocycles. The van der Waals surface area contributed by atoms with E-state index in [-0.39, 0.29) is 40.2 Å². The Morgan fingerprint density at radius 3 is 2.73 bits per heavy atom. The summed E-state index contributed by atoms with van der Waals surface area (Å²) in [5, 5.41) is -0.317. The van der Waals surface area contributed by atoms with Crippen LogP contribution in [-0.2, 0) is 17.4 Å². The maximum absolute atomic E-state index is 10.6. The number of carbonyl (C=O) groups is 1. The van der Waals surface area contributed by atoms with Crippen LogP contribution in [0.25, 0.3) is 0 Å². The van der Waals surface area contributed by atoms with Crippen molar-refractivity contribution in [3.63, 3.8) is 0 Å². The molecule has 0 bridgehead atoms. The summed E-state index contributed by atoms with van der Waals surface area (Å²) in [5.41, 5.74) is -0.166. The number of thiol groups is 1. The van der Waals surface area contributed by atoms with E-state index < -0.39 is 0 Å². The minimum Gasteiger partial charge on any atom is -0.719 e. The van der Waals surface area contributed by atoms with Crippen LogP contribution in [-0.4, -0.2) is 35.3 Å². The second-order valence-corrected chi connectivity index (χ2v) is 2.96. The monoisotopic (exact) mass is 201 g/mol. The molecule has 0 spiro atoms. The van der Waals surface area contributed by atoms with E-state index in [1.54, 1.807) is 4.90 Å². The molecule has 1 aliphatic heterocycles. The standard InChI is InChI=1S/C5H9NO2S2.Na/c7-5(10)6-1-2-8-4(9)3-6;/h4,9H,1-3H2,(H,7,10);/q;+1/p-1. The van der Waals surface area contributed by atoms with Gasteiger partial charge in [-0.2, -0.15) is 0 Å². The van der Waals surface area contributed by atoms with Crippen molar-refractivity contribution in [2.24, 2.45) is 0 Å². The summed E-state index contributed by atoms with van der Waals surface area (Å²) >= 11 is 8.50. The van der Waals surface area contributed by atoms with Gasteiger partial charge in [-0.05, 0) is 0 Å². The predicted molar refractivity (Wildman–Crippen MR) is 43.1 cm³/mol. The Kier molecular flexibility index (Phi) is 6.12. The molecule has 1 amide bonds.